The minimum absolute atomic E-state index is 0.0523. The predicted octanol–water partition coefficient (Wildman–Crippen LogP) is 5.93. The number of ether oxygens (including phenoxy) is 2. The lowest BCUT2D eigenvalue weighted by Crippen LogP contribution is -2.24. The molecule has 2 aliphatic rings. The second-order valence-corrected chi connectivity index (χ2v) is 12.1. The molecule has 1 aromatic carbocycles. The molecule has 1 aliphatic carbocycles. The van der Waals surface area contributed by atoms with Gasteiger partial charge < -0.3 is 19.7 Å². The Bertz CT molecular complexity index is 860. The van der Waals surface area contributed by atoms with E-state index in [0.717, 1.165) is 55.6 Å². The fourth-order valence-electron chi connectivity index (χ4n) is 4.99. The molecule has 0 amide bonds. The zero-order valence-electron chi connectivity index (χ0n) is 20.5. The van der Waals surface area contributed by atoms with Crippen LogP contribution < -0.4 is 4.74 Å². The maximum absolute atomic E-state index is 11.7. The summed E-state index contributed by atoms with van der Waals surface area (Å²) in [4.78, 5) is 22.6. The molecule has 3 rings (SSSR count). The third-order valence-electron chi connectivity index (χ3n) is 6.64. The molecule has 0 radical (unpaired) electrons. The number of carbonyl (C=O) groups excluding carboxylic acids is 1. The molecule has 1 saturated heterocycles. The van der Waals surface area contributed by atoms with Crippen LogP contribution in [0.25, 0.3) is 0 Å². The van der Waals surface area contributed by atoms with Crippen molar-refractivity contribution in [2.24, 2.45) is 5.92 Å². The molecular formula is C26H38O6S2. The van der Waals surface area contributed by atoms with Crippen LogP contribution in [0.2, 0.25) is 0 Å². The molecule has 34 heavy (non-hydrogen) atoms. The van der Waals surface area contributed by atoms with Crippen molar-refractivity contribution in [3.63, 3.8) is 0 Å². The number of hydrogen-bond acceptors (Lipinski definition) is 7. The van der Waals surface area contributed by atoms with Crippen molar-refractivity contribution in [3.05, 3.63) is 23.3 Å². The number of phenols is 1. The second kappa shape index (κ2) is 12.5. The van der Waals surface area contributed by atoms with E-state index < -0.39 is 5.97 Å². The largest absolute Gasteiger partial charge is 0.507 e. The van der Waals surface area contributed by atoms with Crippen LogP contribution in [0.5, 0.6) is 11.5 Å². The number of ketones is 1. The molecule has 1 aromatic rings. The monoisotopic (exact) mass is 510 g/mol. The summed E-state index contributed by atoms with van der Waals surface area (Å²) >= 11 is 3.85. The molecule has 4 atom stereocenters. The SMILES string of the molecule is CCCc1c(OCCCSCC2SC3(CCC(CC(=O)O)C3)OC2CC)ccc(C(C)=O)c1O. The summed E-state index contributed by atoms with van der Waals surface area (Å²) in [7, 11) is 0. The van der Waals surface area contributed by atoms with Crippen molar-refractivity contribution in [2.75, 3.05) is 18.1 Å². The number of carbonyl (C=O) groups is 2. The maximum Gasteiger partial charge on any atom is 0.303 e. The standard InChI is InChI=1S/C26H38O6S2/c1-4-7-20-22(9-8-19(17(3)27)25(20)30)31-12-6-13-33-16-23-21(5-2)32-26(34-23)11-10-18(15-26)14-24(28)29/h8-9,18,21,23,30H,4-7,10-16H2,1-3H3,(H,28,29). The number of Topliss-reactive ketones (excluding diaryl/α,β-unsaturated/α-hetero) is 1. The van der Waals surface area contributed by atoms with Crippen molar-refractivity contribution < 1.29 is 29.3 Å². The lowest BCUT2D eigenvalue weighted by atomic mass is 10.0. The number of phenolic OH excluding ortho intramolecular Hbond substituents is 1. The minimum atomic E-state index is -0.710. The highest BCUT2D eigenvalue weighted by Crippen LogP contribution is 2.55. The lowest BCUT2D eigenvalue weighted by Gasteiger charge is -2.22. The molecule has 6 nitrogen and oxygen atoms in total. The van der Waals surface area contributed by atoms with Crippen molar-refractivity contribution in [1.82, 2.24) is 0 Å². The van der Waals surface area contributed by atoms with Crippen LogP contribution >= 0.6 is 23.5 Å². The van der Waals surface area contributed by atoms with Gasteiger partial charge in [0.1, 0.15) is 16.4 Å². The summed E-state index contributed by atoms with van der Waals surface area (Å²) in [5.74, 6) is 2.09. The average Bonchev–Trinajstić information content (AvgIpc) is 3.34. The summed E-state index contributed by atoms with van der Waals surface area (Å²) in [6.07, 6.45) is 6.63. The van der Waals surface area contributed by atoms with Crippen LogP contribution in [0.3, 0.4) is 0 Å². The number of hydrogen-bond donors (Lipinski definition) is 2. The Labute approximate surface area is 211 Å². The van der Waals surface area contributed by atoms with E-state index in [0.29, 0.717) is 29.6 Å². The van der Waals surface area contributed by atoms with Gasteiger partial charge in [-0.05, 0) is 69.3 Å². The molecule has 2 fully saturated rings. The normalized spacial score (nSPS) is 26.3. The van der Waals surface area contributed by atoms with E-state index >= 15 is 0 Å². The first-order chi connectivity index (χ1) is 16.3. The highest BCUT2D eigenvalue weighted by Gasteiger charge is 2.50. The van der Waals surface area contributed by atoms with Crippen LogP contribution in [0.1, 0.15) is 81.6 Å². The van der Waals surface area contributed by atoms with Gasteiger partial charge in [-0.3, -0.25) is 9.59 Å². The number of carboxylic acids is 1. The van der Waals surface area contributed by atoms with Gasteiger partial charge >= 0.3 is 5.97 Å². The zero-order valence-corrected chi connectivity index (χ0v) is 22.1. The number of rotatable bonds is 13. The van der Waals surface area contributed by atoms with Gasteiger partial charge in [0.2, 0.25) is 0 Å². The molecule has 8 heteroatoms. The van der Waals surface area contributed by atoms with Gasteiger partial charge in [-0.2, -0.15) is 11.8 Å². The van der Waals surface area contributed by atoms with Crippen molar-refractivity contribution in [2.45, 2.75) is 88.4 Å². The Morgan fingerprint density at radius 2 is 2.12 bits per heavy atom. The van der Waals surface area contributed by atoms with Crippen LogP contribution in [-0.4, -0.2) is 56.4 Å². The molecule has 4 unspecified atom stereocenters. The molecule has 1 heterocycles. The molecule has 190 valence electrons. The summed E-state index contributed by atoms with van der Waals surface area (Å²) in [6.45, 7) is 6.23. The first-order valence-corrected chi connectivity index (χ1v) is 14.5. The number of thioether (sulfide) groups is 2. The molecule has 0 bridgehead atoms. The van der Waals surface area contributed by atoms with Gasteiger partial charge in [0.05, 0.1) is 18.3 Å². The van der Waals surface area contributed by atoms with Crippen LogP contribution in [-0.2, 0) is 16.0 Å². The maximum atomic E-state index is 11.7. The molecular weight excluding hydrogens is 472 g/mol. The Morgan fingerprint density at radius 3 is 2.79 bits per heavy atom. The van der Waals surface area contributed by atoms with Gasteiger partial charge in [0.25, 0.3) is 0 Å². The Hall–Kier alpha value is -1.38. The zero-order chi connectivity index (χ0) is 24.7. The Balaban J connectivity index is 1.43. The van der Waals surface area contributed by atoms with E-state index in [2.05, 4.69) is 6.92 Å². The Kier molecular flexibility index (Phi) is 10.0. The quantitative estimate of drug-likeness (QED) is 0.249. The third kappa shape index (κ3) is 6.85. The first-order valence-electron chi connectivity index (χ1n) is 12.4. The van der Waals surface area contributed by atoms with Gasteiger partial charge in [-0.15, -0.1) is 11.8 Å². The first kappa shape index (κ1) is 27.2. The number of aromatic hydroxyl groups is 1. The lowest BCUT2D eigenvalue weighted by molar-refractivity contribution is -0.138. The van der Waals surface area contributed by atoms with E-state index in [9.17, 15) is 14.7 Å². The van der Waals surface area contributed by atoms with Crippen molar-refractivity contribution >= 4 is 35.3 Å². The Morgan fingerprint density at radius 1 is 1.32 bits per heavy atom. The van der Waals surface area contributed by atoms with Crippen LogP contribution in [0.15, 0.2) is 12.1 Å². The molecule has 0 aromatic heterocycles. The summed E-state index contributed by atoms with van der Waals surface area (Å²) < 4.78 is 12.5. The van der Waals surface area contributed by atoms with Gasteiger partial charge in [-0.1, -0.05) is 20.3 Å². The average molecular weight is 511 g/mol. The summed E-state index contributed by atoms with van der Waals surface area (Å²) in [6, 6.07) is 3.44. The number of benzene rings is 1. The van der Waals surface area contributed by atoms with E-state index in [1.807, 2.05) is 30.4 Å². The highest BCUT2D eigenvalue weighted by molar-refractivity contribution is 8.04. The molecule has 1 spiro atoms. The van der Waals surface area contributed by atoms with E-state index in [4.69, 9.17) is 14.6 Å². The molecule has 2 N–H and O–H groups in total. The van der Waals surface area contributed by atoms with Crippen molar-refractivity contribution in [3.8, 4) is 11.5 Å². The fraction of sp³-hybridized carbons (Fsp3) is 0.692. The number of aliphatic carboxylic acids is 1. The van der Waals surface area contributed by atoms with Gasteiger partial charge in [0, 0.05) is 23.0 Å². The highest BCUT2D eigenvalue weighted by atomic mass is 32.2. The number of carboxylic acid groups (broad SMARTS) is 1. The van der Waals surface area contributed by atoms with Gasteiger partial charge in [0.15, 0.2) is 5.78 Å². The van der Waals surface area contributed by atoms with E-state index in [1.54, 1.807) is 12.1 Å². The summed E-state index contributed by atoms with van der Waals surface area (Å²) in [5, 5.41) is 20.0. The van der Waals surface area contributed by atoms with Gasteiger partial charge in [-0.25, -0.2) is 0 Å². The van der Waals surface area contributed by atoms with E-state index in [-0.39, 0.29) is 34.9 Å². The van der Waals surface area contributed by atoms with Crippen LogP contribution in [0, 0.1) is 5.92 Å². The van der Waals surface area contributed by atoms with E-state index in [1.165, 1.54) is 6.92 Å². The van der Waals surface area contributed by atoms with Crippen LogP contribution in [0.4, 0.5) is 0 Å². The minimum Gasteiger partial charge on any atom is -0.507 e. The topological polar surface area (TPSA) is 93.1 Å². The fourth-order valence-corrected chi connectivity index (χ4v) is 8.19. The predicted molar refractivity (Wildman–Crippen MR) is 138 cm³/mol. The smallest absolute Gasteiger partial charge is 0.303 e. The third-order valence-corrected chi connectivity index (χ3v) is 9.69. The summed E-state index contributed by atoms with van der Waals surface area (Å²) in [5.41, 5.74) is 1.07. The van der Waals surface area contributed by atoms with Crippen molar-refractivity contribution in [1.29, 1.82) is 0 Å². The molecule has 1 saturated carbocycles. The second-order valence-electron chi connectivity index (χ2n) is 9.36. The molecule has 1 aliphatic heterocycles.